The van der Waals surface area contributed by atoms with Gasteiger partial charge in [-0.1, -0.05) is 23.7 Å². The van der Waals surface area contributed by atoms with E-state index in [1.54, 1.807) is 18.3 Å². The summed E-state index contributed by atoms with van der Waals surface area (Å²) >= 11 is 6.02. The van der Waals surface area contributed by atoms with E-state index in [4.69, 9.17) is 11.6 Å². The van der Waals surface area contributed by atoms with Crippen molar-refractivity contribution < 1.29 is 9.90 Å². The zero-order valence-corrected chi connectivity index (χ0v) is 17.2. The number of phenols is 1. The Hall–Kier alpha value is -2.11. The number of nitrogens with one attached hydrogen (secondary N) is 1. The van der Waals surface area contributed by atoms with Crippen LogP contribution in [-0.2, 0) is 11.2 Å². The lowest BCUT2D eigenvalue weighted by Gasteiger charge is -2.25. The quantitative estimate of drug-likeness (QED) is 0.673. The second-order valence-corrected chi connectivity index (χ2v) is 8.25. The van der Waals surface area contributed by atoms with Crippen LogP contribution in [0.1, 0.15) is 36.3 Å². The van der Waals surface area contributed by atoms with E-state index in [1.807, 2.05) is 32.4 Å². The maximum atomic E-state index is 12.6. The van der Waals surface area contributed by atoms with Gasteiger partial charge in [-0.2, -0.15) is 0 Å². The minimum absolute atomic E-state index is 0.0799. The maximum Gasteiger partial charge on any atom is 0.220 e. The van der Waals surface area contributed by atoms with Crippen molar-refractivity contribution in [3.8, 4) is 5.75 Å². The zero-order chi connectivity index (χ0) is 20.1. The molecule has 5 nitrogen and oxygen atoms in total. The number of aromatic nitrogens is 1. The predicted molar refractivity (Wildman–Crippen MR) is 112 cm³/mol. The largest absolute Gasteiger partial charge is 0.506 e. The summed E-state index contributed by atoms with van der Waals surface area (Å²) in [5, 5.41) is 13.0. The number of pyridine rings is 1. The number of aromatic hydroxyl groups is 1. The third kappa shape index (κ3) is 5.69. The molecule has 0 aliphatic heterocycles. The van der Waals surface area contributed by atoms with Crippen LogP contribution in [0.4, 0.5) is 0 Å². The lowest BCUT2D eigenvalue weighted by molar-refractivity contribution is -0.121. The first-order chi connectivity index (χ1) is 13.4. The second kappa shape index (κ2) is 9.39. The molecule has 1 amide bonds. The topological polar surface area (TPSA) is 65.5 Å². The molecule has 1 aromatic carbocycles. The van der Waals surface area contributed by atoms with Crippen molar-refractivity contribution in [3.63, 3.8) is 0 Å². The fourth-order valence-electron chi connectivity index (χ4n) is 3.54. The van der Waals surface area contributed by atoms with Crippen LogP contribution >= 0.6 is 11.6 Å². The van der Waals surface area contributed by atoms with Gasteiger partial charge >= 0.3 is 0 Å². The van der Waals surface area contributed by atoms with Gasteiger partial charge in [-0.3, -0.25) is 9.78 Å². The lowest BCUT2D eigenvalue weighted by Crippen LogP contribution is -2.42. The van der Waals surface area contributed by atoms with Gasteiger partial charge in [0.25, 0.3) is 0 Å². The van der Waals surface area contributed by atoms with Gasteiger partial charge in [-0.25, -0.2) is 0 Å². The number of nitrogens with zero attached hydrogens (tertiary/aromatic N) is 2. The van der Waals surface area contributed by atoms with Gasteiger partial charge in [0, 0.05) is 31.4 Å². The van der Waals surface area contributed by atoms with E-state index in [-0.39, 0.29) is 23.6 Å². The monoisotopic (exact) mass is 401 g/mol. The van der Waals surface area contributed by atoms with Crippen LogP contribution in [0, 0.1) is 5.92 Å². The number of carbonyl (C=O) groups is 1. The fourth-order valence-corrected chi connectivity index (χ4v) is 3.74. The van der Waals surface area contributed by atoms with Crippen molar-refractivity contribution in [2.45, 2.75) is 37.6 Å². The summed E-state index contributed by atoms with van der Waals surface area (Å²) in [6.07, 6.45) is 7.27. The molecule has 1 heterocycles. The number of rotatable bonds is 9. The first-order valence-electron chi connectivity index (χ1n) is 9.74. The molecule has 1 aromatic heterocycles. The highest BCUT2D eigenvalue weighted by molar-refractivity contribution is 6.32. The summed E-state index contributed by atoms with van der Waals surface area (Å²) in [7, 11) is 4.00. The molecule has 2 N–H and O–H groups in total. The van der Waals surface area contributed by atoms with Gasteiger partial charge in [-0.05, 0) is 74.5 Å². The normalized spacial score (nSPS) is 16.0. The molecule has 0 radical (unpaired) electrons. The van der Waals surface area contributed by atoms with Crippen molar-refractivity contribution in [2.24, 2.45) is 5.92 Å². The Balaban J connectivity index is 1.56. The summed E-state index contributed by atoms with van der Waals surface area (Å²) in [5.74, 6) is 1.01. The van der Waals surface area contributed by atoms with Gasteiger partial charge in [-0.15, -0.1) is 0 Å². The van der Waals surface area contributed by atoms with E-state index in [0.29, 0.717) is 23.9 Å². The number of phenolic OH excluding ortho intramolecular Hbond substituents is 1. The van der Waals surface area contributed by atoms with E-state index in [9.17, 15) is 9.90 Å². The predicted octanol–water partition coefficient (Wildman–Crippen LogP) is 3.61. The van der Waals surface area contributed by atoms with Crippen molar-refractivity contribution in [2.75, 3.05) is 20.6 Å². The van der Waals surface area contributed by atoms with Crippen molar-refractivity contribution in [1.82, 2.24) is 15.2 Å². The molecule has 3 rings (SSSR count). The van der Waals surface area contributed by atoms with E-state index < -0.39 is 0 Å². The third-order valence-corrected chi connectivity index (χ3v) is 5.76. The van der Waals surface area contributed by atoms with E-state index in [2.05, 4.69) is 21.3 Å². The number of amides is 1. The minimum Gasteiger partial charge on any atom is -0.506 e. The van der Waals surface area contributed by atoms with Crippen LogP contribution in [-0.4, -0.2) is 47.6 Å². The fraction of sp³-hybridized carbons (Fsp3) is 0.455. The Morgan fingerprint density at radius 2 is 2.14 bits per heavy atom. The number of hydrogen-bond donors (Lipinski definition) is 2. The molecule has 1 fully saturated rings. The Kier molecular flexibility index (Phi) is 6.92. The summed E-state index contributed by atoms with van der Waals surface area (Å²) in [6, 6.07) is 9.40. The highest BCUT2D eigenvalue weighted by atomic mass is 35.5. The molecule has 1 aliphatic carbocycles. The molecule has 0 bridgehead atoms. The molecule has 6 heteroatoms. The minimum atomic E-state index is 0.0799. The van der Waals surface area contributed by atoms with Crippen LogP contribution in [0.15, 0.2) is 42.7 Å². The van der Waals surface area contributed by atoms with Crippen LogP contribution in [0.25, 0.3) is 0 Å². The van der Waals surface area contributed by atoms with E-state index >= 15 is 0 Å². The average Bonchev–Trinajstić information content (AvgIpc) is 3.51. The molecular weight excluding hydrogens is 374 g/mol. The standard InChI is InChI=1S/C22H28ClN3O2/c1-26(2)18(10-15-5-8-21(27)20(23)11-15)14-25-22(28)12-19(16-6-7-16)17-4-3-9-24-13-17/h3-5,8-9,11,13,16,18-19,27H,6-7,10,12,14H2,1-2H3,(H,25,28)/t18-,19-/m0/s1. The summed E-state index contributed by atoms with van der Waals surface area (Å²) in [4.78, 5) is 18.9. The first kappa shape index (κ1) is 20.6. The van der Waals surface area contributed by atoms with E-state index in [1.165, 1.54) is 12.8 Å². The Bertz CT molecular complexity index is 794. The number of likely N-dealkylation sites (N-methyl/N-ethyl adjacent to an activating group) is 1. The number of benzene rings is 1. The maximum absolute atomic E-state index is 12.6. The first-order valence-corrected chi connectivity index (χ1v) is 10.1. The molecule has 0 spiro atoms. The number of halogens is 1. The number of hydrogen-bond acceptors (Lipinski definition) is 4. The highest BCUT2D eigenvalue weighted by Crippen LogP contribution is 2.44. The molecule has 2 aromatic rings. The van der Waals surface area contributed by atoms with Gasteiger partial charge in [0.2, 0.25) is 5.91 Å². The smallest absolute Gasteiger partial charge is 0.220 e. The molecule has 28 heavy (non-hydrogen) atoms. The molecule has 1 aliphatic rings. The Morgan fingerprint density at radius 3 is 2.75 bits per heavy atom. The van der Waals surface area contributed by atoms with Crippen LogP contribution in [0.3, 0.4) is 0 Å². The van der Waals surface area contributed by atoms with E-state index in [0.717, 1.165) is 17.5 Å². The van der Waals surface area contributed by atoms with Crippen molar-refractivity contribution >= 4 is 17.5 Å². The van der Waals surface area contributed by atoms with Crippen molar-refractivity contribution in [3.05, 3.63) is 58.9 Å². The van der Waals surface area contributed by atoms with Gasteiger partial charge in [0.1, 0.15) is 5.75 Å². The zero-order valence-electron chi connectivity index (χ0n) is 16.4. The van der Waals surface area contributed by atoms with Gasteiger partial charge in [0.05, 0.1) is 5.02 Å². The number of carbonyl (C=O) groups excluding carboxylic acids is 1. The van der Waals surface area contributed by atoms with Crippen LogP contribution in [0.5, 0.6) is 5.75 Å². The molecular formula is C22H28ClN3O2. The molecule has 2 atom stereocenters. The molecule has 150 valence electrons. The lowest BCUT2D eigenvalue weighted by atomic mass is 9.92. The summed E-state index contributed by atoms with van der Waals surface area (Å²) in [5.41, 5.74) is 2.19. The third-order valence-electron chi connectivity index (χ3n) is 5.46. The second-order valence-electron chi connectivity index (χ2n) is 7.85. The summed E-state index contributed by atoms with van der Waals surface area (Å²) < 4.78 is 0. The van der Waals surface area contributed by atoms with Crippen LogP contribution < -0.4 is 5.32 Å². The SMILES string of the molecule is CN(C)[C@H](CNC(=O)C[C@H](c1cccnc1)C1CC1)Cc1ccc(O)c(Cl)c1. The Labute approximate surface area is 171 Å². The van der Waals surface area contributed by atoms with Crippen LogP contribution in [0.2, 0.25) is 5.02 Å². The van der Waals surface area contributed by atoms with Gasteiger partial charge < -0.3 is 15.3 Å². The average molecular weight is 402 g/mol. The molecule has 0 unspecified atom stereocenters. The summed E-state index contributed by atoms with van der Waals surface area (Å²) in [6.45, 7) is 0.564. The highest BCUT2D eigenvalue weighted by Gasteiger charge is 2.33. The van der Waals surface area contributed by atoms with Crippen molar-refractivity contribution in [1.29, 1.82) is 0 Å². The molecule has 1 saturated carbocycles. The Morgan fingerprint density at radius 1 is 1.36 bits per heavy atom. The molecule has 0 saturated heterocycles. The van der Waals surface area contributed by atoms with Gasteiger partial charge in [0.15, 0.2) is 0 Å².